The first-order chi connectivity index (χ1) is 13.7. The number of fused-ring (bicyclic) bond motifs is 3. The van der Waals surface area contributed by atoms with E-state index in [0.29, 0.717) is 18.3 Å². The molecule has 0 saturated heterocycles. The van der Waals surface area contributed by atoms with Crippen molar-refractivity contribution in [3.63, 3.8) is 0 Å². The van der Waals surface area contributed by atoms with E-state index in [-0.39, 0.29) is 5.91 Å². The first-order valence-corrected chi connectivity index (χ1v) is 9.92. The van der Waals surface area contributed by atoms with E-state index in [1.807, 2.05) is 0 Å². The molecule has 1 atom stereocenters. The van der Waals surface area contributed by atoms with Crippen LogP contribution in [0, 0.1) is 6.92 Å². The number of nitrogens with one attached hydrogen (secondary N) is 1. The summed E-state index contributed by atoms with van der Waals surface area (Å²) in [5, 5.41) is 5.40. The summed E-state index contributed by atoms with van der Waals surface area (Å²) in [6, 6.07) is 10.7. The molecule has 0 saturated carbocycles. The molecule has 2 aromatic heterocycles. The lowest BCUT2D eigenvalue weighted by Gasteiger charge is -2.39. The van der Waals surface area contributed by atoms with E-state index in [0.717, 1.165) is 25.9 Å². The van der Waals surface area contributed by atoms with Gasteiger partial charge in [0.2, 0.25) is 0 Å². The van der Waals surface area contributed by atoms with Crippen molar-refractivity contribution >= 4 is 23.0 Å². The van der Waals surface area contributed by atoms with Gasteiger partial charge in [-0.15, -0.1) is 0 Å². The van der Waals surface area contributed by atoms with Crippen molar-refractivity contribution in [1.29, 1.82) is 0 Å². The zero-order valence-electron chi connectivity index (χ0n) is 16.0. The van der Waals surface area contributed by atoms with E-state index in [1.165, 1.54) is 40.4 Å². The second kappa shape index (κ2) is 6.95. The van der Waals surface area contributed by atoms with Crippen LogP contribution in [-0.2, 0) is 17.8 Å². The molecule has 1 aromatic carbocycles. The highest BCUT2D eigenvalue weighted by atomic mass is 16.3. The molecule has 1 amide bonds. The highest BCUT2D eigenvalue weighted by Crippen LogP contribution is 2.42. The molecule has 0 bridgehead atoms. The lowest BCUT2D eigenvalue weighted by atomic mass is 9.89. The Labute approximate surface area is 163 Å². The van der Waals surface area contributed by atoms with E-state index in [4.69, 9.17) is 4.42 Å². The molecule has 144 valence electrons. The largest absolute Gasteiger partial charge is 0.463 e. The number of carbonyl (C=O) groups is 1. The average molecular weight is 376 g/mol. The number of amides is 1. The minimum atomic E-state index is -0.0877. The number of aryl methyl sites for hydroxylation is 2. The van der Waals surface area contributed by atoms with Crippen molar-refractivity contribution < 1.29 is 9.21 Å². The van der Waals surface area contributed by atoms with Gasteiger partial charge in [-0.05, 0) is 56.0 Å². The van der Waals surface area contributed by atoms with Gasteiger partial charge in [0.1, 0.15) is 5.76 Å². The van der Waals surface area contributed by atoms with Crippen molar-refractivity contribution in [2.24, 2.45) is 5.10 Å². The minimum absolute atomic E-state index is 0.0877. The third-order valence-corrected chi connectivity index (χ3v) is 5.91. The maximum atomic E-state index is 12.4. The van der Waals surface area contributed by atoms with Crippen molar-refractivity contribution in [1.82, 2.24) is 14.9 Å². The van der Waals surface area contributed by atoms with Crippen LogP contribution in [0.5, 0.6) is 0 Å². The molecular formula is C22H24N4O2. The molecular weight excluding hydrogens is 352 g/mol. The number of hydrogen-bond donors (Lipinski definition) is 1. The van der Waals surface area contributed by atoms with Crippen LogP contribution in [0.2, 0.25) is 0 Å². The Balaban J connectivity index is 1.36. The Morgan fingerprint density at radius 2 is 2.29 bits per heavy atom. The summed E-state index contributed by atoms with van der Waals surface area (Å²) >= 11 is 0. The number of nitrogens with zero attached hydrogens (tertiary/aromatic N) is 3. The van der Waals surface area contributed by atoms with Gasteiger partial charge in [-0.1, -0.05) is 11.6 Å². The van der Waals surface area contributed by atoms with Crippen molar-refractivity contribution in [2.45, 2.75) is 38.8 Å². The Hall–Kier alpha value is -2.86. The normalized spacial score (nSPS) is 19.2. The zero-order valence-corrected chi connectivity index (χ0v) is 16.0. The summed E-state index contributed by atoms with van der Waals surface area (Å²) in [6.45, 7) is 4.32. The molecule has 1 aliphatic carbocycles. The van der Waals surface area contributed by atoms with Crippen LogP contribution in [-0.4, -0.2) is 34.7 Å². The molecule has 3 heterocycles. The minimum Gasteiger partial charge on any atom is -0.463 e. The van der Waals surface area contributed by atoms with Gasteiger partial charge in [0.25, 0.3) is 5.91 Å². The number of hydrazone groups is 1. The van der Waals surface area contributed by atoms with Gasteiger partial charge >= 0.3 is 0 Å². The van der Waals surface area contributed by atoms with Crippen molar-refractivity contribution in [3.8, 4) is 0 Å². The highest BCUT2D eigenvalue weighted by Gasteiger charge is 2.35. The summed E-state index contributed by atoms with van der Waals surface area (Å²) in [5.41, 5.74) is 8.18. The van der Waals surface area contributed by atoms with Gasteiger partial charge in [-0.25, -0.2) is 5.43 Å². The number of benzene rings is 1. The Morgan fingerprint density at radius 1 is 1.36 bits per heavy atom. The predicted molar refractivity (Wildman–Crippen MR) is 108 cm³/mol. The highest BCUT2D eigenvalue weighted by molar-refractivity contribution is 5.87. The predicted octanol–water partition coefficient (Wildman–Crippen LogP) is 3.39. The molecule has 6 heteroatoms. The number of hydrogen-bond acceptors (Lipinski definition) is 4. The monoisotopic (exact) mass is 376 g/mol. The maximum absolute atomic E-state index is 12.4. The fourth-order valence-corrected chi connectivity index (χ4v) is 4.73. The van der Waals surface area contributed by atoms with Crippen LogP contribution >= 0.6 is 0 Å². The summed E-state index contributed by atoms with van der Waals surface area (Å²) in [5.74, 6) is 0.533. The van der Waals surface area contributed by atoms with Crippen molar-refractivity contribution in [3.05, 3.63) is 59.2 Å². The fraction of sp³-hybridized carbons (Fsp3) is 0.364. The van der Waals surface area contributed by atoms with Crippen LogP contribution in [0.1, 0.15) is 41.5 Å². The lowest BCUT2D eigenvalue weighted by Crippen LogP contribution is -2.44. The van der Waals surface area contributed by atoms with E-state index in [1.54, 1.807) is 18.4 Å². The molecule has 28 heavy (non-hydrogen) atoms. The molecule has 5 rings (SSSR count). The first kappa shape index (κ1) is 17.3. The number of aromatic nitrogens is 1. The van der Waals surface area contributed by atoms with Crippen LogP contribution in [0.25, 0.3) is 10.9 Å². The first-order valence-electron chi connectivity index (χ1n) is 9.92. The lowest BCUT2D eigenvalue weighted by molar-refractivity contribution is -0.123. The summed E-state index contributed by atoms with van der Waals surface area (Å²) in [7, 11) is 0. The Bertz CT molecular complexity index is 1050. The van der Waals surface area contributed by atoms with Crippen LogP contribution < -0.4 is 5.43 Å². The maximum Gasteiger partial charge on any atom is 0.254 e. The van der Waals surface area contributed by atoms with E-state index >= 15 is 0 Å². The standard InChI is InChI=1S/C22H24N4O2/c1-15-7-8-19-18(12-15)17-5-2-6-20-22(17)26(19)10-9-25(20)14-21(27)24-23-13-16-4-3-11-28-16/h3-4,7-8,11-13,20H,2,5-6,9-10,14H2,1H3,(H,24,27). The van der Waals surface area contributed by atoms with Gasteiger partial charge in [0.05, 0.1) is 25.1 Å². The third kappa shape index (κ3) is 2.94. The van der Waals surface area contributed by atoms with E-state index in [2.05, 4.69) is 45.1 Å². The Morgan fingerprint density at radius 3 is 3.14 bits per heavy atom. The third-order valence-electron chi connectivity index (χ3n) is 5.91. The number of furan rings is 1. The molecule has 3 aromatic rings. The van der Waals surface area contributed by atoms with E-state index in [9.17, 15) is 4.79 Å². The van der Waals surface area contributed by atoms with E-state index < -0.39 is 0 Å². The van der Waals surface area contributed by atoms with Gasteiger partial charge in [-0.2, -0.15) is 5.10 Å². The van der Waals surface area contributed by atoms with Crippen LogP contribution in [0.4, 0.5) is 0 Å². The topological polar surface area (TPSA) is 62.8 Å². The Kier molecular flexibility index (Phi) is 4.28. The number of rotatable bonds is 4. The summed E-state index contributed by atoms with van der Waals surface area (Å²) in [6.07, 6.45) is 6.50. The van der Waals surface area contributed by atoms with Gasteiger partial charge in [-0.3, -0.25) is 9.69 Å². The van der Waals surface area contributed by atoms with Gasteiger partial charge < -0.3 is 8.98 Å². The molecule has 6 nitrogen and oxygen atoms in total. The smallest absolute Gasteiger partial charge is 0.254 e. The molecule has 1 unspecified atom stereocenters. The zero-order chi connectivity index (χ0) is 19.1. The SMILES string of the molecule is Cc1ccc2c(c1)c1c3n2CCN(CC(=O)NN=Cc2ccco2)C3CCC1. The molecule has 2 aliphatic rings. The average Bonchev–Trinajstić information content (AvgIpc) is 3.31. The van der Waals surface area contributed by atoms with Crippen LogP contribution in [0.3, 0.4) is 0 Å². The quantitative estimate of drug-likeness (QED) is 0.561. The molecule has 1 N–H and O–H groups in total. The summed E-state index contributed by atoms with van der Waals surface area (Å²) < 4.78 is 7.67. The van der Waals surface area contributed by atoms with Crippen LogP contribution in [0.15, 0.2) is 46.1 Å². The molecule has 0 spiro atoms. The molecule has 0 radical (unpaired) electrons. The molecule has 1 aliphatic heterocycles. The van der Waals surface area contributed by atoms with Gasteiger partial charge in [0, 0.05) is 29.7 Å². The second-order valence-electron chi connectivity index (χ2n) is 7.72. The number of carbonyl (C=O) groups excluding carboxylic acids is 1. The van der Waals surface area contributed by atoms with Crippen molar-refractivity contribution in [2.75, 3.05) is 13.1 Å². The molecule has 0 fully saturated rings. The second-order valence-corrected chi connectivity index (χ2v) is 7.72. The summed E-state index contributed by atoms with van der Waals surface area (Å²) in [4.78, 5) is 14.7. The van der Waals surface area contributed by atoms with Gasteiger partial charge in [0.15, 0.2) is 0 Å². The fourth-order valence-electron chi connectivity index (χ4n) is 4.73.